The average molecular weight is 420 g/mol. The first-order valence-electron chi connectivity index (χ1n) is 9.78. The van der Waals surface area contributed by atoms with Crippen LogP contribution in [0.3, 0.4) is 0 Å². The van der Waals surface area contributed by atoms with E-state index in [4.69, 9.17) is 19.2 Å². The molecule has 0 radical (unpaired) electrons. The summed E-state index contributed by atoms with van der Waals surface area (Å²) >= 11 is 0. The molecule has 2 aromatic heterocycles. The van der Waals surface area contributed by atoms with Crippen LogP contribution in [0.2, 0.25) is 0 Å². The normalized spacial score (nSPS) is 10.8. The van der Waals surface area contributed by atoms with Crippen LogP contribution in [0.5, 0.6) is 23.0 Å². The molecule has 0 atom stereocenters. The average Bonchev–Trinajstić information content (AvgIpc) is 3.18. The van der Waals surface area contributed by atoms with Crippen LogP contribution in [-0.4, -0.2) is 47.3 Å². The molecular weight excluding hydrogens is 396 g/mol. The summed E-state index contributed by atoms with van der Waals surface area (Å²) in [6.45, 7) is 0.674. The number of imidazole rings is 1. The number of phenolic OH excluding ortho intramolecular Hbond substituents is 1. The first kappa shape index (κ1) is 20.3. The van der Waals surface area contributed by atoms with Gasteiger partial charge in [-0.15, -0.1) is 0 Å². The number of anilines is 1. The van der Waals surface area contributed by atoms with Gasteiger partial charge in [0.1, 0.15) is 11.5 Å². The highest BCUT2D eigenvalue weighted by molar-refractivity contribution is 5.77. The molecule has 0 saturated heterocycles. The first-order valence-corrected chi connectivity index (χ1v) is 9.78. The number of hydrogen-bond donors (Lipinski definition) is 2. The van der Waals surface area contributed by atoms with Gasteiger partial charge in [-0.3, -0.25) is 9.38 Å². The Balaban J connectivity index is 1.62. The van der Waals surface area contributed by atoms with Gasteiger partial charge in [0.25, 0.3) is 0 Å². The number of nitrogens with one attached hydrogen (secondary N) is 1. The molecule has 0 aliphatic heterocycles. The molecule has 0 aliphatic carbocycles. The van der Waals surface area contributed by atoms with E-state index in [1.807, 2.05) is 34.9 Å². The van der Waals surface area contributed by atoms with Crippen molar-refractivity contribution in [3.8, 4) is 34.3 Å². The molecule has 2 N–H and O–H groups in total. The van der Waals surface area contributed by atoms with Crippen LogP contribution in [0.4, 0.5) is 5.82 Å². The Morgan fingerprint density at radius 2 is 1.77 bits per heavy atom. The SMILES string of the molecule is COc1cc(-c2nc3cnccn3c2NCCc2ccc(OC)c(OC)c2)ccc1O. The Morgan fingerprint density at radius 3 is 2.55 bits per heavy atom. The van der Waals surface area contributed by atoms with Crippen molar-refractivity contribution in [3.63, 3.8) is 0 Å². The lowest BCUT2D eigenvalue weighted by Crippen LogP contribution is -2.08. The van der Waals surface area contributed by atoms with E-state index in [9.17, 15) is 5.11 Å². The molecule has 8 heteroatoms. The van der Waals surface area contributed by atoms with E-state index < -0.39 is 0 Å². The fourth-order valence-corrected chi connectivity index (χ4v) is 3.46. The Labute approximate surface area is 180 Å². The highest BCUT2D eigenvalue weighted by Crippen LogP contribution is 2.35. The molecule has 4 rings (SSSR count). The summed E-state index contributed by atoms with van der Waals surface area (Å²) in [7, 11) is 4.78. The topological polar surface area (TPSA) is 90.1 Å². The van der Waals surface area contributed by atoms with E-state index in [1.165, 1.54) is 7.11 Å². The number of fused-ring (bicyclic) bond motifs is 1. The first-order chi connectivity index (χ1) is 15.1. The number of methoxy groups -OCH3 is 3. The summed E-state index contributed by atoms with van der Waals surface area (Å²) in [5, 5.41) is 13.4. The van der Waals surface area contributed by atoms with Crippen molar-refractivity contribution in [2.45, 2.75) is 6.42 Å². The van der Waals surface area contributed by atoms with Crippen LogP contribution in [0.25, 0.3) is 16.9 Å². The Kier molecular flexibility index (Phi) is 5.79. The Bertz CT molecular complexity index is 1210. The lowest BCUT2D eigenvalue weighted by Gasteiger charge is -2.12. The zero-order chi connectivity index (χ0) is 21.8. The molecule has 0 amide bonds. The van der Waals surface area contributed by atoms with Gasteiger partial charge in [-0.1, -0.05) is 6.07 Å². The van der Waals surface area contributed by atoms with Crippen LogP contribution in [0.15, 0.2) is 55.0 Å². The number of nitrogens with zero attached hydrogens (tertiary/aromatic N) is 3. The van der Waals surface area contributed by atoms with Crippen molar-refractivity contribution < 1.29 is 19.3 Å². The maximum Gasteiger partial charge on any atom is 0.161 e. The summed E-state index contributed by atoms with van der Waals surface area (Å²) in [5.41, 5.74) is 3.41. The van der Waals surface area contributed by atoms with E-state index in [2.05, 4.69) is 10.3 Å². The summed E-state index contributed by atoms with van der Waals surface area (Å²) in [4.78, 5) is 8.90. The van der Waals surface area contributed by atoms with Gasteiger partial charge in [0.15, 0.2) is 28.6 Å². The molecule has 31 heavy (non-hydrogen) atoms. The fourth-order valence-electron chi connectivity index (χ4n) is 3.46. The third-order valence-electron chi connectivity index (χ3n) is 5.04. The number of hydrogen-bond acceptors (Lipinski definition) is 7. The molecule has 0 bridgehead atoms. The number of aromatic hydroxyl groups is 1. The van der Waals surface area contributed by atoms with Gasteiger partial charge < -0.3 is 24.6 Å². The van der Waals surface area contributed by atoms with Crippen LogP contribution >= 0.6 is 0 Å². The molecule has 2 heterocycles. The second kappa shape index (κ2) is 8.83. The molecule has 0 fully saturated rings. The van der Waals surface area contributed by atoms with Gasteiger partial charge in [-0.05, 0) is 42.3 Å². The maximum absolute atomic E-state index is 9.94. The van der Waals surface area contributed by atoms with E-state index in [0.29, 0.717) is 23.8 Å². The van der Waals surface area contributed by atoms with Gasteiger partial charge in [-0.2, -0.15) is 0 Å². The van der Waals surface area contributed by atoms with Crippen molar-refractivity contribution in [3.05, 3.63) is 60.6 Å². The largest absolute Gasteiger partial charge is 0.504 e. The highest BCUT2D eigenvalue weighted by atomic mass is 16.5. The third kappa shape index (κ3) is 4.05. The molecule has 2 aromatic carbocycles. The van der Waals surface area contributed by atoms with Crippen molar-refractivity contribution in [1.29, 1.82) is 0 Å². The Morgan fingerprint density at radius 1 is 0.968 bits per heavy atom. The van der Waals surface area contributed by atoms with Gasteiger partial charge in [0.05, 0.1) is 27.5 Å². The minimum Gasteiger partial charge on any atom is -0.504 e. The zero-order valence-electron chi connectivity index (χ0n) is 17.6. The minimum atomic E-state index is 0.0830. The molecule has 160 valence electrons. The van der Waals surface area contributed by atoms with E-state index in [1.54, 1.807) is 38.7 Å². The molecule has 8 nitrogen and oxygen atoms in total. The minimum absolute atomic E-state index is 0.0830. The van der Waals surface area contributed by atoms with Crippen molar-refractivity contribution in [1.82, 2.24) is 14.4 Å². The van der Waals surface area contributed by atoms with Crippen LogP contribution in [0, 0.1) is 0 Å². The van der Waals surface area contributed by atoms with Gasteiger partial charge >= 0.3 is 0 Å². The van der Waals surface area contributed by atoms with Gasteiger partial charge in [0, 0.05) is 24.5 Å². The van der Waals surface area contributed by atoms with Gasteiger partial charge in [-0.25, -0.2) is 4.98 Å². The van der Waals surface area contributed by atoms with Crippen molar-refractivity contribution >= 4 is 11.5 Å². The molecular formula is C23H24N4O4. The third-order valence-corrected chi connectivity index (χ3v) is 5.04. The lowest BCUT2D eigenvalue weighted by atomic mass is 10.1. The second-order valence-electron chi connectivity index (χ2n) is 6.87. The summed E-state index contributed by atoms with van der Waals surface area (Å²) in [6.07, 6.45) is 6.06. The molecule has 0 unspecified atom stereocenters. The summed E-state index contributed by atoms with van der Waals surface area (Å²) in [6, 6.07) is 11.1. The quantitative estimate of drug-likeness (QED) is 0.448. The zero-order valence-corrected chi connectivity index (χ0v) is 17.6. The Hall–Kier alpha value is -3.94. The van der Waals surface area contributed by atoms with Gasteiger partial charge in [0.2, 0.25) is 0 Å². The number of benzene rings is 2. The molecule has 4 aromatic rings. The predicted molar refractivity (Wildman–Crippen MR) is 118 cm³/mol. The molecule has 0 aliphatic rings. The lowest BCUT2D eigenvalue weighted by molar-refractivity contribution is 0.354. The molecule has 0 spiro atoms. The van der Waals surface area contributed by atoms with Crippen LogP contribution in [0.1, 0.15) is 5.56 Å². The number of ether oxygens (including phenoxy) is 3. The maximum atomic E-state index is 9.94. The fraction of sp³-hybridized carbons (Fsp3) is 0.217. The predicted octanol–water partition coefficient (Wildman–Crippen LogP) is 3.78. The smallest absolute Gasteiger partial charge is 0.161 e. The van der Waals surface area contributed by atoms with E-state index in [0.717, 1.165) is 34.7 Å². The number of aromatic nitrogens is 3. The van der Waals surface area contributed by atoms with Crippen LogP contribution < -0.4 is 19.5 Å². The molecule has 0 saturated carbocycles. The van der Waals surface area contributed by atoms with E-state index in [-0.39, 0.29) is 5.75 Å². The number of phenols is 1. The summed E-state index contributed by atoms with van der Waals surface area (Å²) in [5.74, 6) is 2.73. The van der Waals surface area contributed by atoms with Crippen molar-refractivity contribution in [2.75, 3.05) is 33.2 Å². The monoisotopic (exact) mass is 420 g/mol. The van der Waals surface area contributed by atoms with E-state index >= 15 is 0 Å². The highest BCUT2D eigenvalue weighted by Gasteiger charge is 2.16. The second-order valence-corrected chi connectivity index (χ2v) is 6.87. The summed E-state index contributed by atoms with van der Waals surface area (Å²) < 4.78 is 17.9. The van der Waals surface area contributed by atoms with Crippen molar-refractivity contribution in [2.24, 2.45) is 0 Å². The number of rotatable bonds is 8. The standard InChI is InChI=1S/C23H24N4O4/c1-29-18-7-4-15(12-20(18)31-3)8-9-25-23-22(26-21-14-24-10-11-27(21)23)16-5-6-17(28)19(13-16)30-2/h4-7,10-14,25,28H,8-9H2,1-3H3. The van der Waals surface area contributed by atoms with Crippen LogP contribution in [-0.2, 0) is 6.42 Å².